The SMILES string of the molecule is Cc1cc(C)c(Nc2ncnc3scc(-c4ccc(C(C)C)cc4)c23)c(Cl)c1. The molecule has 4 aromatic rings. The van der Waals surface area contributed by atoms with Gasteiger partial charge in [-0.15, -0.1) is 11.3 Å². The molecule has 0 aliphatic rings. The van der Waals surface area contributed by atoms with E-state index >= 15 is 0 Å². The molecule has 0 radical (unpaired) electrons. The Balaban J connectivity index is 1.82. The van der Waals surface area contributed by atoms with Crippen LogP contribution in [0.2, 0.25) is 5.02 Å². The highest BCUT2D eigenvalue weighted by Gasteiger charge is 2.15. The minimum Gasteiger partial charge on any atom is -0.338 e. The number of aryl methyl sites for hydroxylation is 2. The molecule has 0 amide bonds. The quantitative estimate of drug-likeness (QED) is 0.380. The predicted octanol–water partition coefficient (Wildman–Crippen LogP) is 7.50. The summed E-state index contributed by atoms with van der Waals surface area (Å²) in [6.07, 6.45) is 1.60. The fourth-order valence-electron chi connectivity index (χ4n) is 3.42. The molecule has 0 atom stereocenters. The number of halogens is 1. The summed E-state index contributed by atoms with van der Waals surface area (Å²) in [5.74, 6) is 1.29. The number of aromatic nitrogens is 2. The lowest BCUT2D eigenvalue weighted by Crippen LogP contribution is -1.99. The van der Waals surface area contributed by atoms with Crippen molar-refractivity contribution in [1.82, 2.24) is 9.97 Å². The Morgan fingerprint density at radius 3 is 2.46 bits per heavy atom. The fourth-order valence-corrected chi connectivity index (χ4v) is 4.71. The van der Waals surface area contributed by atoms with Crippen LogP contribution in [0.1, 0.15) is 36.5 Å². The van der Waals surface area contributed by atoms with Gasteiger partial charge >= 0.3 is 0 Å². The van der Waals surface area contributed by atoms with Crippen molar-refractivity contribution in [2.75, 3.05) is 5.32 Å². The second kappa shape index (κ2) is 7.53. The molecule has 0 fully saturated rings. The Labute approximate surface area is 174 Å². The second-order valence-corrected chi connectivity index (χ2v) is 8.66. The third kappa shape index (κ3) is 3.50. The average molecular weight is 408 g/mol. The maximum Gasteiger partial charge on any atom is 0.143 e. The first-order valence-corrected chi connectivity index (χ1v) is 10.6. The molecule has 0 saturated heterocycles. The molecule has 5 heteroatoms. The van der Waals surface area contributed by atoms with Crippen LogP contribution in [-0.2, 0) is 0 Å². The normalized spacial score (nSPS) is 11.4. The lowest BCUT2D eigenvalue weighted by molar-refractivity contribution is 0.867. The summed E-state index contributed by atoms with van der Waals surface area (Å²) in [6.45, 7) is 8.51. The van der Waals surface area contributed by atoms with E-state index in [2.05, 4.69) is 71.8 Å². The Kier molecular flexibility index (Phi) is 5.09. The van der Waals surface area contributed by atoms with Crippen molar-refractivity contribution in [3.63, 3.8) is 0 Å². The molecule has 2 aromatic heterocycles. The summed E-state index contributed by atoms with van der Waals surface area (Å²) in [4.78, 5) is 9.97. The van der Waals surface area contributed by atoms with Crippen LogP contribution >= 0.6 is 22.9 Å². The van der Waals surface area contributed by atoms with Gasteiger partial charge in [-0.2, -0.15) is 0 Å². The third-order valence-corrected chi connectivity index (χ3v) is 6.12. The zero-order valence-electron chi connectivity index (χ0n) is 16.4. The second-order valence-electron chi connectivity index (χ2n) is 7.39. The standard InChI is InChI=1S/C23H22ClN3S/c1-13(2)16-5-7-17(8-6-16)18-11-28-23-20(18)22(25-12-26-23)27-21-15(4)9-14(3)10-19(21)24/h5-13H,1-4H3,(H,25,26,27). The zero-order chi connectivity index (χ0) is 19.8. The van der Waals surface area contributed by atoms with E-state index in [0.717, 1.165) is 38.4 Å². The van der Waals surface area contributed by atoms with Gasteiger partial charge in [0, 0.05) is 10.9 Å². The number of fused-ring (bicyclic) bond motifs is 1. The van der Waals surface area contributed by atoms with Crippen LogP contribution in [0.5, 0.6) is 0 Å². The van der Waals surface area contributed by atoms with Crippen molar-refractivity contribution in [3.05, 3.63) is 69.8 Å². The van der Waals surface area contributed by atoms with E-state index in [1.807, 2.05) is 13.0 Å². The van der Waals surface area contributed by atoms with Gasteiger partial charge in [0.05, 0.1) is 16.1 Å². The number of benzene rings is 2. The van der Waals surface area contributed by atoms with Crippen LogP contribution < -0.4 is 5.32 Å². The number of thiophene rings is 1. The highest BCUT2D eigenvalue weighted by atomic mass is 35.5. The Bertz CT molecular complexity index is 1120. The smallest absolute Gasteiger partial charge is 0.143 e. The highest BCUT2D eigenvalue weighted by molar-refractivity contribution is 7.17. The maximum atomic E-state index is 6.51. The molecular weight excluding hydrogens is 386 g/mol. The summed E-state index contributed by atoms with van der Waals surface area (Å²) in [7, 11) is 0. The molecule has 1 N–H and O–H groups in total. The monoisotopic (exact) mass is 407 g/mol. The maximum absolute atomic E-state index is 6.51. The first kappa shape index (κ1) is 18.9. The fraction of sp³-hybridized carbons (Fsp3) is 0.217. The lowest BCUT2D eigenvalue weighted by atomic mass is 9.99. The van der Waals surface area contributed by atoms with Gasteiger partial charge < -0.3 is 5.32 Å². The molecule has 0 saturated carbocycles. The summed E-state index contributed by atoms with van der Waals surface area (Å²) < 4.78 is 0. The molecule has 4 rings (SSSR count). The Morgan fingerprint density at radius 1 is 1.04 bits per heavy atom. The molecule has 0 spiro atoms. The molecule has 2 aromatic carbocycles. The van der Waals surface area contributed by atoms with Crippen LogP contribution in [0.3, 0.4) is 0 Å². The zero-order valence-corrected chi connectivity index (χ0v) is 17.9. The molecule has 0 aliphatic heterocycles. The third-order valence-electron chi connectivity index (χ3n) is 4.93. The first-order chi connectivity index (χ1) is 13.4. The topological polar surface area (TPSA) is 37.8 Å². The van der Waals surface area contributed by atoms with Gasteiger partial charge in [0.1, 0.15) is 17.0 Å². The van der Waals surface area contributed by atoms with Crippen LogP contribution in [0, 0.1) is 13.8 Å². The number of rotatable bonds is 4. The van der Waals surface area contributed by atoms with Gasteiger partial charge in [0.2, 0.25) is 0 Å². The number of nitrogens with zero attached hydrogens (tertiary/aromatic N) is 2. The van der Waals surface area contributed by atoms with Crippen molar-refractivity contribution < 1.29 is 0 Å². The molecular formula is C23H22ClN3S. The summed E-state index contributed by atoms with van der Waals surface area (Å²) >= 11 is 8.14. The number of nitrogens with one attached hydrogen (secondary N) is 1. The first-order valence-electron chi connectivity index (χ1n) is 9.30. The average Bonchev–Trinajstić information content (AvgIpc) is 3.09. The predicted molar refractivity (Wildman–Crippen MR) is 121 cm³/mol. The van der Waals surface area contributed by atoms with Crippen molar-refractivity contribution in [2.45, 2.75) is 33.6 Å². The van der Waals surface area contributed by atoms with Crippen molar-refractivity contribution in [3.8, 4) is 11.1 Å². The van der Waals surface area contributed by atoms with E-state index < -0.39 is 0 Å². The van der Waals surface area contributed by atoms with Crippen molar-refractivity contribution in [1.29, 1.82) is 0 Å². The van der Waals surface area contributed by atoms with E-state index in [0.29, 0.717) is 10.9 Å². The van der Waals surface area contributed by atoms with Gasteiger partial charge in [-0.1, -0.05) is 55.8 Å². The number of anilines is 2. The van der Waals surface area contributed by atoms with Crippen molar-refractivity contribution in [2.24, 2.45) is 0 Å². The lowest BCUT2D eigenvalue weighted by Gasteiger charge is -2.13. The minimum atomic E-state index is 0.514. The number of hydrogen-bond donors (Lipinski definition) is 1. The molecule has 28 heavy (non-hydrogen) atoms. The molecule has 142 valence electrons. The van der Waals surface area contributed by atoms with E-state index in [1.54, 1.807) is 17.7 Å². The van der Waals surface area contributed by atoms with E-state index in [-0.39, 0.29) is 0 Å². The Morgan fingerprint density at radius 2 is 1.79 bits per heavy atom. The van der Waals surface area contributed by atoms with Gasteiger partial charge in [-0.3, -0.25) is 0 Å². The van der Waals surface area contributed by atoms with Crippen LogP contribution in [0.4, 0.5) is 11.5 Å². The summed E-state index contributed by atoms with van der Waals surface area (Å²) in [5, 5.41) is 7.34. The molecule has 0 aliphatic carbocycles. The van der Waals surface area contributed by atoms with Gasteiger partial charge in [-0.05, 0) is 48.1 Å². The highest BCUT2D eigenvalue weighted by Crippen LogP contribution is 2.39. The molecule has 0 bridgehead atoms. The van der Waals surface area contributed by atoms with Crippen LogP contribution in [-0.4, -0.2) is 9.97 Å². The van der Waals surface area contributed by atoms with Crippen molar-refractivity contribution >= 4 is 44.7 Å². The largest absolute Gasteiger partial charge is 0.338 e. The summed E-state index contributed by atoms with van der Waals surface area (Å²) in [6, 6.07) is 12.8. The summed E-state index contributed by atoms with van der Waals surface area (Å²) in [5.41, 5.74) is 6.76. The Hall–Kier alpha value is -2.43. The van der Waals surface area contributed by atoms with Gasteiger partial charge in [0.15, 0.2) is 0 Å². The van der Waals surface area contributed by atoms with Gasteiger partial charge in [0.25, 0.3) is 0 Å². The van der Waals surface area contributed by atoms with Crippen LogP contribution in [0.15, 0.2) is 48.1 Å². The minimum absolute atomic E-state index is 0.514. The number of hydrogen-bond acceptors (Lipinski definition) is 4. The van der Waals surface area contributed by atoms with E-state index in [4.69, 9.17) is 11.6 Å². The molecule has 3 nitrogen and oxygen atoms in total. The van der Waals surface area contributed by atoms with Crippen LogP contribution in [0.25, 0.3) is 21.3 Å². The van der Waals surface area contributed by atoms with E-state index in [9.17, 15) is 0 Å². The molecule has 0 unspecified atom stereocenters. The van der Waals surface area contributed by atoms with Gasteiger partial charge in [-0.25, -0.2) is 9.97 Å². The molecule has 2 heterocycles. The van der Waals surface area contributed by atoms with E-state index in [1.165, 1.54) is 11.1 Å².